The van der Waals surface area contributed by atoms with E-state index in [0.29, 0.717) is 12.5 Å². The molecule has 2 rings (SSSR count). The molecule has 0 unspecified atom stereocenters. The van der Waals surface area contributed by atoms with Crippen LogP contribution in [-0.2, 0) is 11.3 Å². The molecule has 0 saturated carbocycles. The first-order valence-electron chi connectivity index (χ1n) is 2.97. The van der Waals surface area contributed by atoms with E-state index in [1.165, 1.54) is 0 Å². The molecule has 1 aliphatic rings. The SMILES string of the molecule is Cc1nnc2n1CC(=O)N2. The molecule has 52 valence electrons. The molecule has 0 aromatic carbocycles. The summed E-state index contributed by atoms with van der Waals surface area (Å²) >= 11 is 0. The van der Waals surface area contributed by atoms with Crippen LogP contribution in [0.25, 0.3) is 0 Å². The van der Waals surface area contributed by atoms with Crippen molar-refractivity contribution in [2.24, 2.45) is 0 Å². The van der Waals surface area contributed by atoms with Gasteiger partial charge in [0.05, 0.1) is 0 Å². The first kappa shape index (κ1) is 5.40. The largest absolute Gasteiger partial charge is 0.293 e. The Kier molecular flexibility index (Phi) is 0.841. The smallest absolute Gasteiger partial charge is 0.246 e. The lowest BCUT2D eigenvalue weighted by Gasteiger charge is -1.89. The molecular weight excluding hydrogens is 132 g/mol. The van der Waals surface area contributed by atoms with Gasteiger partial charge in [-0.2, -0.15) is 0 Å². The van der Waals surface area contributed by atoms with Gasteiger partial charge in [-0.1, -0.05) is 0 Å². The molecule has 5 nitrogen and oxygen atoms in total. The van der Waals surface area contributed by atoms with Crippen LogP contribution in [0, 0.1) is 6.92 Å². The second-order valence-corrected chi connectivity index (χ2v) is 2.21. The van der Waals surface area contributed by atoms with Crippen LogP contribution in [0.1, 0.15) is 5.82 Å². The number of rotatable bonds is 0. The molecule has 5 heteroatoms. The Morgan fingerprint density at radius 3 is 3.10 bits per heavy atom. The molecule has 1 aromatic heterocycles. The van der Waals surface area contributed by atoms with Gasteiger partial charge in [0.25, 0.3) is 0 Å². The summed E-state index contributed by atoms with van der Waals surface area (Å²) in [6.07, 6.45) is 0. The molecule has 0 atom stereocenters. The van der Waals surface area contributed by atoms with E-state index < -0.39 is 0 Å². The lowest BCUT2D eigenvalue weighted by molar-refractivity contribution is -0.115. The van der Waals surface area contributed by atoms with E-state index in [2.05, 4.69) is 15.5 Å². The van der Waals surface area contributed by atoms with Gasteiger partial charge >= 0.3 is 0 Å². The standard InChI is InChI=1S/C5H6N4O/c1-3-7-8-5-6-4(10)2-9(3)5/h2H2,1H3,(H,6,8,10). The highest BCUT2D eigenvalue weighted by Crippen LogP contribution is 2.12. The fourth-order valence-corrected chi connectivity index (χ4v) is 0.971. The Morgan fingerprint density at radius 2 is 2.40 bits per heavy atom. The lowest BCUT2D eigenvalue weighted by Crippen LogP contribution is -2.07. The van der Waals surface area contributed by atoms with Crippen LogP contribution in [-0.4, -0.2) is 20.7 Å². The Hall–Kier alpha value is -1.39. The maximum absolute atomic E-state index is 10.7. The summed E-state index contributed by atoms with van der Waals surface area (Å²) in [5.41, 5.74) is 0. The average molecular weight is 138 g/mol. The summed E-state index contributed by atoms with van der Waals surface area (Å²) in [6, 6.07) is 0. The normalized spacial score (nSPS) is 15.1. The van der Waals surface area contributed by atoms with E-state index in [1.54, 1.807) is 4.57 Å². The maximum Gasteiger partial charge on any atom is 0.246 e. The van der Waals surface area contributed by atoms with Crippen molar-refractivity contribution in [3.63, 3.8) is 0 Å². The maximum atomic E-state index is 10.7. The number of aryl methyl sites for hydroxylation is 1. The molecular formula is C5H6N4O. The number of carbonyl (C=O) groups is 1. The van der Waals surface area contributed by atoms with Crippen LogP contribution >= 0.6 is 0 Å². The van der Waals surface area contributed by atoms with Gasteiger partial charge in [-0.05, 0) is 6.92 Å². The second kappa shape index (κ2) is 1.56. The minimum atomic E-state index is -0.0204. The Bertz CT molecular complexity index is 290. The van der Waals surface area contributed by atoms with Crippen LogP contribution in [0.2, 0.25) is 0 Å². The third-order valence-corrected chi connectivity index (χ3v) is 1.49. The number of nitrogens with zero attached hydrogens (tertiary/aromatic N) is 3. The predicted octanol–water partition coefficient (Wildman–Crippen LogP) is -0.461. The molecule has 2 heterocycles. The fraction of sp³-hybridized carbons (Fsp3) is 0.400. The van der Waals surface area contributed by atoms with Gasteiger partial charge in [0.2, 0.25) is 11.9 Å². The molecule has 0 spiro atoms. The Balaban J connectivity index is 2.53. The minimum absolute atomic E-state index is 0.0204. The average Bonchev–Trinajstić information content (AvgIpc) is 2.35. The molecule has 1 aromatic rings. The molecule has 1 aliphatic heterocycles. The first-order chi connectivity index (χ1) is 4.77. The zero-order chi connectivity index (χ0) is 7.14. The van der Waals surface area contributed by atoms with Crippen molar-refractivity contribution in [3.8, 4) is 0 Å². The highest BCUT2D eigenvalue weighted by atomic mass is 16.2. The Morgan fingerprint density at radius 1 is 1.60 bits per heavy atom. The molecule has 10 heavy (non-hydrogen) atoms. The molecule has 0 fully saturated rings. The minimum Gasteiger partial charge on any atom is -0.293 e. The van der Waals surface area contributed by atoms with Gasteiger partial charge in [-0.25, -0.2) is 0 Å². The van der Waals surface area contributed by atoms with Crippen molar-refractivity contribution < 1.29 is 4.79 Å². The van der Waals surface area contributed by atoms with Crippen molar-refractivity contribution in [3.05, 3.63) is 5.82 Å². The van der Waals surface area contributed by atoms with Crippen molar-refractivity contribution >= 4 is 11.9 Å². The van der Waals surface area contributed by atoms with Gasteiger partial charge in [-0.3, -0.25) is 14.7 Å². The predicted molar refractivity (Wildman–Crippen MR) is 33.4 cm³/mol. The van der Waals surface area contributed by atoms with E-state index in [4.69, 9.17) is 0 Å². The zero-order valence-electron chi connectivity index (χ0n) is 5.46. The molecule has 1 amide bonds. The molecule has 0 saturated heterocycles. The van der Waals surface area contributed by atoms with Crippen molar-refractivity contribution in [2.45, 2.75) is 13.5 Å². The zero-order valence-corrected chi connectivity index (χ0v) is 5.46. The number of fused-ring (bicyclic) bond motifs is 1. The third-order valence-electron chi connectivity index (χ3n) is 1.49. The molecule has 1 N–H and O–H groups in total. The van der Waals surface area contributed by atoms with Crippen LogP contribution < -0.4 is 5.32 Å². The van der Waals surface area contributed by atoms with Crippen molar-refractivity contribution in [1.82, 2.24) is 14.8 Å². The quantitative estimate of drug-likeness (QED) is 0.527. The van der Waals surface area contributed by atoms with Crippen LogP contribution in [0.5, 0.6) is 0 Å². The van der Waals surface area contributed by atoms with Gasteiger partial charge in [-0.15, -0.1) is 10.2 Å². The summed E-state index contributed by atoms with van der Waals surface area (Å²) < 4.78 is 1.74. The van der Waals surface area contributed by atoms with Crippen LogP contribution in [0.15, 0.2) is 0 Å². The summed E-state index contributed by atoms with van der Waals surface area (Å²) in [5, 5.41) is 10.1. The highest BCUT2D eigenvalue weighted by molar-refractivity contribution is 5.92. The highest BCUT2D eigenvalue weighted by Gasteiger charge is 2.20. The summed E-state index contributed by atoms with van der Waals surface area (Å²) in [7, 11) is 0. The summed E-state index contributed by atoms with van der Waals surface area (Å²) in [4.78, 5) is 10.7. The summed E-state index contributed by atoms with van der Waals surface area (Å²) in [6.45, 7) is 2.17. The monoisotopic (exact) mass is 138 g/mol. The number of hydrogen-bond donors (Lipinski definition) is 1. The lowest BCUT2D eigenvalue weighted by atomic mass is 10.6. The molecule has 0 aliphatic carbocycles. The van der Waals surface area contributed by atoms with E-state index in [0.717, 1.165) is 5.82 Å². The number of hydrogen-bond acceptors (Lipinski definition) is 3. The van der Waals surface area contributed by atoms with E-state index in [-0.39, 0.29) is 5.91 Å². The van der Waals surface area contributed by atoms with Gasteiger partial charge in [0.15, 0.2) is 0 Å². The van der Waals surface area contributed by atoms with Gasteiger partial charge < -0.3 is 0 Å². The number of anilines is 1. The van der Waals surface area contributed by atoms with Gasteiger partial charge in [0.1, 0.15) is 12.4 Å². The number of amides is 1. The Labute approximate surface area is 57.1 Å². The first-order valence-corrected chi connectivity index (χ1v) is 2.97. The van der Waals surface area contributed by atoms with Crippen molar-refractivity contribution in [1.29, 1.82) is 0 Å². The fourth-order valence-electron chi connectivity index (χ4n) is 0.971. The van der Waals surface area contributed by atoms with E-state index in [9.17, 15) is 4.79 Å². The van der Waals surface area contributed by atoms with Gasteiger partial charge in [0, 0.05) is 0 Å². The van der Waals surface area contributed by atoms with E-state index >= 15 is 0 Å². The van der Waals surface area contributed by atoms with Crippen LogP contribution in [0.3, 0.4) is 0 Å². The number of nitrogens with one attached hydrogen (secondary N) is 1. The number of aromatic nitrogens is 3. The molecule has 0 bridgehead atoms. The second-order valence-electron chi connectivity index (χ2n) is 2.21. The topological polar surface area (TPSA) is 59.8 Å². The van der Waals surface area contributed by atoms with E-state index in [1.807, 2.05) is 6.92 Å². The third kappa shape index (κ3) is 0.541. The number of carbonyl (C=O) groups excluding carboxylic acids is 1. The summed E-state index contributed by atoms with van der Waals surface area (Å²) in [5.74, 6) is 1.31. The van der Waals surface area contributed by atoms with Crippen LogP contribution in [0.4, 0.5) is 5.95 Å². The van der Waals surface area contributed by atoms with Crippen molar-refractivity contribution in [2.75, 3.05) is 5.32 Å². The molecule has 0 radical (unpaired) electrons.